The van der Waals surface area contributed by atoms with Gasteiger partial charge in [-0.15, -0.1) is 0 Å². The predicted molar refractivity (Wildman–Crippen MR) is 86.4 cm³/mol. The second-order valence-electron chi connectivity index (χ2n) is 6.76. The molecular weight excluding hydrogens is 462 g/mol. The van der Waals surface area contributed by atoms with Gasteiger partial charge in [0.25, 0.3) is 11.2 Å². The van der Waals surface area contributed by atoms with Crippen molar-refractivity contribution in [1.29, 1.82) is 5.26 Å². The lowest BCUT2D eigenvalue weighted by Crippen LogP contribution is -2.73. The molecular formula is C15H13BrF6N4O2. The minimum absolute atomic E-state index is 0.0785. The fourth-order valence-electron chi connectivity index (χ4n) is 3.25. The molecule has 0 unspecified atom stereocenters. The fourth-order valence-corrected chi connectivity index (χ4v) is 3.77. The Kier molecular flexibility index (Phi) is 4.94. The molecule has 1 aromatic rings. The summed E-state index contributed by atoms with van der Waals surface area (Å²) < 4.78 is 79.3. The number of hydrogen-bond acceptors (Lipinski definition) is 5. The van der Waals surface area contributed by atoms with Gasteiger partial charge in [0.15, 0.2) is 0 Å². The standard InChI is InChI=1S/C15H13BrF6N4O2/c16-11-9(6-24-26(12(11)27)8(5-23)7-1-2-7)25-4-3-10(25)13(28,14(17,18)19)15(20,21)22/h6-8,10,28H,1-4H2/t8-,10+/m0/s1. The van der Waals surface area contributed by atoms with Crippen molar-refractivity contribution >= 4 is 21.6 Å². The van der Waals surface area contributed by atoms with Crippen LogP contribution in [0.2, 0.25) is 0 Å². The van der Waals surface area contributed by atoms with E-state index in [2.05, 4.69) is 21.0 Å². The zero-order valence-electron chi connectivity index (χ0n) is 13.9. The van der Waals surface area contributed by atoms with Gasteiger partial charge in [-0.05, 0) is 41.1 Å². The van der Waals surface area contributed by atoms with Gasteiger partial charge < -0.3 is 10.0 Å². The number of aliphatic hydroxyl groups is 1. The normalized spacial score (nSPS) is 21.8. The van der Waals surface area contributed by atoms with E-state index in [1.54, 1.807) is 0 Å². The Balaban J connectivity index is 2.00. The molecule has 1 aliphatic heterocycles. The number of anilines is 1. The molecule has 0 amide bonds. The molecule has 2 atom stereocenters. The summed E-state index contributed by atoms with van der Waals surface area (Å²) in [6, 6.07) is -1.31. The number of aromatic nitrogens is 2. The Morgan fingerprint density at radius 2 is 1.79 bits per heavy atom. The third kappa shape index (κ3) is 3.06. The molecule has 0 spiro atoms. The molecule has 3 rings (SSSR count). The summed E-state index contributed by atoms with van der Waals surface area (Å²) in [6.45, 7) is -0.243. The van der Waals surface area contributed by atoms with Crippen LogP contribution in [-0.2, 0) is 0 Å². The summed E-state index contributed by atoms with van der Waals surface area (Å²) in [5.41, 5.74) is -6.11. The van der Waals surface area contributed by atoms with E-state index in [-0.39, 0.29) is 22.6 Å². The van der Waals surface area contributed by atoms with Gasteiger partial charge in [-0.2, -0.15) is 36.7 Å². The monoisotopic (exact) mass is 474 g/mol. The van der Waals surface area contributed by atoms with Crippen molar-refractivity contribution in [2.45, 2.75) is 49.3 Å². The maximum atomic E-state index is 13.1. The summed E-state index contributed by atoms with van der Waals surface area (Å²) in [4.78, 5) is 13.1. The first-order valence-electron chi connectivity index (χ1n) is 8.14. The first-order chi connectivity index (χ1) is 12.8. The van der Waals surface area contributed by atoms with Crippen molar-refractivity contribution in [1.82, 2.24) is 9.78 Å². The first kappa shape index (κ1) is 20.9. The average molecular weight is 475 g/mol. The lowest BCUT2D eigenvalue weighted by molar-refractivity contribution is -0.377. The van der Waals surface area contributed by atoms with Crippen molar-refractivity contribution < 1.29 is 31.4 Å². The van der Waals surface area contributed by atoms with E-state index in [1.807, 2.05) is 6.07 Å². The Bertz CT molecular complexity index is 859. The molecule has 154 valence electrons. The molecule has 1 saturated carbocycles. The Hall–Kier alpha value is -1.81. The summed E-state index contributed by atoms with van der Waals surface area (Å²) in [5.74, 6) is -0.0785. The van der Waals surface area contributed by atoms with E-state index in [1.165, 1.54) is 0 Å². The van der Waals surface area contributed by atoms with E-state index in [0.29, 0.717) is 17.7 Å². The third-order valence-electron chi connectivity index (χ3n) is 5.07. The van der Waals surface area contributed by atoms with Crippen molar-refractivity contribution in [3.05, 3.63) is 21.0 Å². The molecule has 0 bridgehead atoms. The summed E-state index contributed by atoms with van der Waals surface area (Å²) in [6.07, 6.45) is -10.2. The van der Waals surface area contributed by atoms with Crippen LogP contribution in [-0.4, -0.2) is 45.4 Å². The van der Waals surface area contributed by atoms with E-state index in [0.717, 1.165) is 10.9 Å². The van der Waals surface area contributed by atoms with Crippen molar-refractivity contribution in [2.24, 2.45) is 5.92 Å². The second kappa shape index (κ2) is 6.62. The smallest absolute Gasteiger partial charge is 0.372 e. The fraction of sp³-hybridized carbons (Fsp3) is 0.667. The number of halogens is 7. The van der Waals surface area contributed by atoms with Crippen LogP contribution >= 0.6 is 15.9 Å². The maximum absolute atomic E-state index is 13.1. The van der Waals surface area contributed by atoms with Gasteiger partial charge in [-0.3, -0.25) is 4.79 Å². The van der Waals surface area contributed by atoms with Crippen LogP contribution in [0.5, 0.6) is 0 Å². The summed E-state index contributed by atoms with van der Waals surface area (Å²) in [7, 11) is 0. The lowest BCUT2D eigenvalue weighted by atomic mass is 9.83. The highest BCUT2D eigenvalue weighted by Gasteiger charge is 2.76. The van der Waals surface area contributed by atoms with Crippen molar-refractivity contribution in [3.63, 3.8) is 0 Å². The van der Waals surface area contributed by atoms with E-state index in [4.69, 9.17) is 0 Å². The molecule has 2 aliphatic rings. The highest BCUT2D eigenvalue weighted by molar-refractivity contribution is 9.10. The first-order valence-corrected chi connectivity index (χ1v) is 8.93. The van der Waals surface area contributed by atoms with Crippen molar-refractivity contribution in [3.8, 4) is 6.07 Å². The van der Waals surface area contributed by atoms with E-state index < -0.39 is 42.0 Å². The van der Waals surface area contributed by atoms with Gasteiger partial charge in [0.2, 0.25) is 0 Å². The second-order valence-corrected chi connectivity index (χ2v) is 7.56. The van der Waals surface area contributed by atoms with Gasteiger partial charge in [-0.1, -0.05) is 0 Å². The zero-order chi connectivity index (χ0) is 21.1. The minimum atomic E-state index is -5.97. The third-order valence-corrected chi connectivity index (χ3v) is 5.81. The Labute approximate surface area is 162 Å². The number of nitriles is 1. The van der Waals surface area contributed by atoms with Gasteiger partial charge in [0.05, 0.1) is 24.0 Å². The van der Waals surface area contributed by atoms with E-state index in [9.17, 15) is 41.5 Å². The molecule has 28 heavy (non-hydrogen) atoms. The Morgan fingerprint density at radius 3 is 2.18 bits per heavy atom. The molecule has 1 saturated heterocycles. The van der Waals surface area contributed by atoms with Crippen LogP contribution in [0, 0.1) is 17.2 Å². The molecule has 2 heterocycles. The van der Waals surface area contributed by atoms with Crippen LogP contribution in [0.25, 0.3) is 0 Å². The van der Waals surface area contributed by atoms with Gasteiger partial charge in [-0.25, -0.2) is 4.68 Å². The van der Waals surface area contributed by atoms with Crippen molar-refractivity contribution in [2.75, 3.05) is 11.4 Å². The van der Waals surface area contributed by atoms with Gasteiger partial charge >= 0.3 is 12.4 Å². The molecule has 0 aromatic carbocycles. The molecule has 1 N–H and O–H groups in total. The summed E-state index contributed by atoms with van der Waals surface area (Å²) >= 11 is 2.90. The molecule has 13 heteroatoms. The van der Waals surface area contributed by atoms with Crippen LogP contribution < -0.4 is 10.5 Å². The van der Waals surface area contributed by atoms with Crippen LogP contribution in [0.3, 0.4) is 0 Å². The molecule has 1 aliphatic carbocycles. The molecule has 0 radical (unpaired) electrons. The largest absolute Gasteiger partial charge is 0.428 e. The highest BCUT2D eigenvalue weighted by atomic mass is 79.9. The molecule has 1 aromatic heterocycles. The topological polar surface area (TPSA) is 82.2 Å². The summed E-state index contributed by atoms with van der Waals surface area (Å²) in [5, 5.41) is 22.6. The number of alkyl halides is 6. The van der Waals surface area contributed by atoms with Crippen LogP contribution in [0.4, 0.5) is 32.0 Å². The SMILES string of the molecule is N#C[C@@H](C1CC1)n1ncc(N2CC[C@@H]2C(O)(C(F)(F)F)C(F)(F)F)c(Br)c1=O. The number of rotatable bonds is 4. The molecule has 2 fully saturated rings. The highest BCUT2D eigenvalue weighted by Crippen LogP contribution is 2.51. The van der Waals surface area contributed by atoms with Gasteiger partial charge in [0, 0.05) is 6.54 Å². The Morgan fingerprint density at radius 1 is 1.21 bits per heavy atom. The van der Waals surface area contributed by atoms with Crippen LogP contribution in [0.15, 0.2) is 15.5 Å². The zero-order valence-corrected chi connectivity index (χ0v) is 15.5. The maximum Gasteiger partial charge on any atom is 0.428 e. The number of nitrogens with zero attached hydrogens (tertiary/aromatic N) is 4. The number of hydrogen-bond donors (Lipinski definition) is 1. The predicted octanol–water partition coefficient (Wildman–Crippen LogP) is 2.91. The quantitative estimate of drug-likeness (QED) is 0.678. The van der Waals surface area contributed by atoms with Gasteiger partial charge in [0.1, 0.15) is 10.5 Å². The van der Waals surface area contributed by atoms with E-state index >= 15 is 0 Å². The minimum Gasteiger partial charge on any atom is -0.372 e. The molecule has 6 nitrogen and oxygen atoms in total. The average Bonchev–Trinajstić information content (AvgIpc) is 3.36. The lowest BCUT2D eigenvalue weighted by Gasteiger charge is -2.51. The van der Waals surface area contributed by atoms with Crippen LogP contribution in [0.1, 0.15) is 25.3 Å².